The summed E-state index contributed by atoms with van der Waals surface area (Å²) in [6.45, 7) is 3.87. The highest BCUT2D eigenvalue weighted by atomic mass is 16.3. The number of nitrogen functional groups attached to an aromatic ring is 1. The smallest absolute Gasteiger partial charge is 0.142 e. The number of nitriles is 1. The van der Waals surface area contributed by atoms with Crippen molar-refractivity contribution in [3.8, 4) is 34.2 Å². The average Bonchev–Trinajstić information content (AvgIpc) is 2.79. The Kier molecular flexibility index (Phi) is 3.70. The standard InChI is InChI=1S/C18H17N5O/c1-10-17(11(2)23(3)22-10)16-8-14(15(9-19)18(20)21-16)12-5-4-6-13(24)7-12/h4-8,24H,1-3H3,(H2,20,21). The number of hydrogen-bond donors (Lipinski definition) is 2. The van der Waals surface area contributed by atoms with Crippen LogP contribution in [-0.2, 0) is 7.05 Å². The van der Waals surface area contributed by atoms with Crippen molar-refractivity contribution in [2.75, 3.05) is 5.73 Å². The largest absolute Gasteiger partial charge is 0.508 e. The molecule has 0 bridgehead atoms. The summed E-state index contributed by atoms with van der Waals surface area (Å²) >= 11 is 0. The van der Waals surface area contributed by atoms with Crippen LogP contribution in [0.1, 0.15) is 17.0 Å². The normalized spacial score (nSPS) is 10.6. The zero-order valence-electron chi connectivity index (χ0n) is 13.7. The number of nitrogens with two attached hydrogens (primary N) is 1. The zero-order valence-corrected chi connectivity index (χ0v) is 13.7. The van der Waals surface area contributed by atoms with Gasteiger partial charge in [0.2, 0.25) is 0 Å². The molecule has 0 unspecified atom stereocenters. The molecule has 2 aromatic heterocycles. The van der Waals surface area contributed by atoms with Crippen LogP contribution in [0.5, 0.6) is 5.75 Å². The third-order valence-electron chi connectivity index (χ3n) is 4.08. The highest BCUT2D eigenvalue weighted by Gasteiger charge is 2.18. The molecule has 0 saturated heterocycles. The Morgan fingerprint density at radius 2 is 2.00 bits per heavy atom. The minimum Gasteiger partial charge on any atom is -0.508 e. The highest BCUT2D eigenvalue weighted by molar-refractivity contribution is 5.81. The lowest BCUT2D eigenvalue weighted by Crippen LogP contribution is -2.00. The van der Waals surface area contributed by atoms with E-state index < -0.39 is 0 Å². The van der Waals surface area contributed by atoms with Crippen molar-refractivity contribution in [1.29, 1.82) is 5.26 Å². The molecule has 0 fully saturated rings. The Balaban J connectivity index is 2.30. The van der Waals surface area contributed by atoms with Gasteiger partial charge in [0.1, 0.15) is 23.2 Å². The van der Waals surface area contributed by atoms with Crippen LogP contribution in [0, 0.1) is 25.2 Å². The maximum absolute atomic E-state index is 9.74. The van der Waals surface area contributed by atoms with Crippen LogP contribution in [0.15, 0.2) is 30.3 Å². The fourth-order valence-corrected chi connectivity index (χ4v) is 2.86. The predicted octanol–water partition coefficient (Wildman–Crippen LogP) is 2.93. The molecule has 0 saturated carbocycles. The molecular formula is C18H17N5O. The molecule has 0 radical (unpaired) electrons. The van der Waals surface area contributed by atoms with Crippen LogP contribution in [0.3, 0.4) is 0 Å². The third kappa shape index (κ3) is 2.46. The molecule has 3 rings (SSSR count). The number of aromatic hydroxyl groups is 1. The van der Waals surface area contributed by atoms with E-state index in [-0.39, 0.29) is 11.6 Å². The Morgan fingerprint density at radius 1 is 1.25 bits per heavy atom. The summed E-state index contributed by atoms with van der Waals surface area (Å²) in [6.07, 6.45) is 0. The quantitative estimate of drug-likeness (QED) is 0.756. The number of rotatable bonds is 2. The number of phenols is 1. The van der Waals surface area contributed by atoms with Crippen LogP contribution in [0.2, 0.25) is 0 Å². The lowest BCUT2D eigenvalue weighted by molar-refractivity contribution is 0.475. The molecule has 24 heavy (non-hydrogen) atoms. The Bertz CT molecular complexity index is 982. The molecule has 0 atom stereocenters. The lowest BCUT2D eigenvalue weighted by atomic mass is 9.98. The zero-order chi connectivity index (χ0) is 17.4. The number of nitrogens with zero attached hydrogens (tertiary/aromatic N) is 4. The van der Waals surface area contributed by atoms with Crippen LogP contribution in [0.4, 0.5) is 5.82 Å². The molecule has 0 amide bonds. The van der Waals surface area contributed by atoms with Gasteiger partial charge in [0.15, 0.2) is 0 Å². The first-order valence-corrected chi connectivity index (χ1v) is 7.43. The predicted molar refractivity (Wildman–Crippen MR) is 92.1 cm³/mol. The second-order valence-corrected chi connectivity index (χ2v) is 5.65. The van der Waals surface area contributed by atoms with Gasteiger partial charge in [0.25, 0.3) is 0 Å². The number of aromatic nitrogens is 3. The van der Waals surface area contributed by atoms with Gasteiger partial charge in [0, 0.05) is 23.9 Å². The highest BCUT2D eigenvalue weighted by Crippen LogP contribution is 2.34. The van der Waals surface area contributed by atoms with Crippen molar-refractivity contribution in [3.63, 3.8) is 0 Å². The average molecular weight is 319 g/mol. The second-order valence-electron chi connectivity index (χ2n) is 5.65. The van der Waals surface area contributed by atoms with Gasteiger partial charge in [-0.25, -0.2) is 4.98 Å². The Morgan fingerprint density at radius 3 is 2.58 bits per heavy atom. The van der Waals surface area contributed by atoms with E-state index >= 15 is 0 Å². The topological polar surface area (TPSA) is 101 Å². The van der Waals surface area contributed by atoms with Gasteiger partial charge >= 0.3 is 0 Å². The van der Waals surface area contributed by atoms with E-state index in [0.717, 1.165) is 17.0 Å². The van der Waals surface area contributed by atoms with Crippen molar-refractivity contribution >= 4 is 5.82 Å². The van der Waals surface area contributed by atoms with Gasteiger partial charge in [-0.15, -0.1) is 0 Å². The number of benzene rings is 1. The SMILES string of the molecule is Cc1nn(C)c(C)c1-c1cc(-c2cccc(O)c2)c(C#N)c(N)n1. The summed E-state index contributed by atoms with van der Waals surface area (Å²) in [5.41, 5.74) is 11.0. The van der Waals surface area contributed by atoms with Crippen molar-refractivity contribution in [1.82, 2.24) is 14.8 Å². The fraction of sp³-hybridized carbons (Fsp3) is 0.167. The monoisotopic (exact) mass is 319 g/mol. The van der Waals surface area contributed by atoms with Crippen LogP contribution in [-0.4, -0.2) is 19.9 Å². The molecule has 0 aliphatic carbocycles. The van der Waals surface area contributed by atoms with Crippen molar-refractivity contribution in [3.05, 3.63) is 47.3 Å². The first kappa shape index (κ1) is 15.6. The summed E-state index contributed by atoms with van der Waals surface area (Å²) in [5.74, 6) is 0.290. The van der Waals surface area contributed by atoms with E-state index in [1.165, 1.54) is 0 Å². The van der Waals surface area contributed by atoms with E-state index in [4.69, 9.17) is 5.73 Å². The van der Waals surface area contributed by atoms with E-state index in [0.29, 0.717) is 22.4 Å². The van der Waals surface area contributed by atoms with Crippen molar-refractivity contribution in [2.45, 2.75) is 13.8 Å². The molecule has 2 heterocycles. The second kappa shape index (κ2) is 5.70. The summed E-state index contributed by atoms with van der Waals surface area (Å²) in [7, 11) is 1.87. The third-order valence-corrected chi connectivity index (χ3v) is 4.08. The molecule has 6 heteroatoms. The summed E-state index contributed by atoms with van der Waals surface area (Å²) in [4.78, 5) is 4.40. The lowest BCUT2D eigenvalue weighted by Gasteiger charge is -2.11. The molecular weight excluding hydrogens is 302 g/mol. The minimum absolute atomic E-state index is 0.127. The number of anilines is 1. The Hall–Kier alpha value is -3.33. The van der Waals surface area contributed by atoms with Gasteiger partial charge in [-0.3, -0.25) is 4.68 Å². The number of phenolic OH excluding ortho intramolecular Hbond substituents is 1. The van der Waals surface area contributed by atoms with Gasteiger partial charge in [-0.05, 0) is 37.6 Å². The summed E-state index contributed by atoms with van der Waals surface area (Å²) < 4.78 is 1.79. The fourth-order valence-electron chi connectivity index (χ4n) is 2.86. The van der Waals surface area contributed by atoms with Crippen LogP contribution >= 0.6 is 0 Å². The van der Waals surface area contributed by atoms with E-state index in [9.17, 15) is 10.4 Å². The van der Waals surface area contributed by atoms with E-state index in [2.05, 4.69) is 16.2 Å². The van der Waals surface area contributed by atoms with Gasteiger partial charge in [0.05, 0.1) is 11.4 Å². The van der Waals surface area contributed by atoms with Crippen LogP contribution in [0.25, 0.3) is 22.4 Å². The first-order valence-electron chi connectivity index (χ1n) is 7.43. The number of hydrogen-bond acceptors (Lipinski definition) is 5. The minimum atomic E-state index is 0.127. The molecule has 0 aliphatic heterocycles. The summed E-state index contributed by atoms with van der Waals surface area (Å²) in [5, 5.41) is 23.6. The first-order chi connectivity index (χ1) is 11.4. The summed E-state index contributed by atoms with van der Waals surface area (Å²) in [6, 6.07) is 10.7. The molecule has 0 spiro atoms. The van der Waals surface area contributed by atoms with Gasteiger partial charge < -0.3 is 10.8 Å². The Labute approximate surface area is 139 Å². The van der Waals surface area contributed by atoms with Crippen molar-refractivity contribution in [2.24, 2.45) is 7.05 Å². The molecule has 3 aromatic rings. The maximum Gasteiger partial charge on any atom is 0.142 e. The van der Waals surface area contributed by atoms with Gasteiger partial charge in [-0.2, -0.15) is 10.4 Å². The molecule has 120 valence electrons. The molecule has 1 aromatic carbocycles. The molecule has 3 N–H and O–H groups in total. The maximum atomic E-state index is 9.74. The number of pyridine rings is 1. The molecule has 0 aliphatic rings. The van der Waals surface area contributed by atoms with E-state index in [1.54, 1.807) is 22.9 Å². The van der Waals surface area contributed by atoms with Gasteiger partial charge in [-0.1, -0.05) is 12.1 Å². The van der Waals surface area contributed by atoms with Crippen LogP contribution < -0.4 is 5.73 Å². The molecule has 6 nitrogen and oxygen atoms in total. The van der Waals surface area contributed by atoms with E-state index in [1.807, 2.05) is 33.0 Å². The van der Waals surface area contributed by atoms with Crippen molar-refractivity contribution < 1.29 is 5.11 Å². The number of aryl methyl sites for hydroxylation is 2.